The van der Waals surface area contributed by atoms with Gasteiger partial charge in [-0.05, 0) is 17.6 Å². The van der Waals surface area contributed by atoms with Gasteiger partial charge in [-0.3, -0.25) is 0 Å². The van der Waals surface area contributed by atoms with Crippen LogP contribution in [0, 0.1) is 11.8 Å². The Balaban J connectivity index is 2.21. The fourth-order valence-electron chi connectivity index (χ4n) is 2.35. The highest BCUT2D eigenvalue weighted by Crippen LogP contribution is 2.11. The smallest absolute Gasteiger partial charge is 0.0110 e. The SMILES string of the molecule is CCC(CS)CN1CCN(CC(C)C)CC1. The van der Waals surface area contributed by atoms with Crippen molar-refractivity contribution in [1.82, 2.24) is 9.80 Å². The third-order valence-corrected chi connectivity index (χ3v) is 3.96. The third-order valence-electron chi connectivity index (χ3n) is 3.44. The zero-order valence-electron chi connectivity index (χ0n) is 11.2. The van der Waals surface area contributed by atoms with Crippen molar-refractivity contribution in [3.63, 3.8) is 0 Å². The lowest BCUT2D eigenvalue weighted by atomic mass is 10.1. The van der Waals surface area contributed by atoms with E-state index in [4.69, 9.17) is 0 Å². The summed E-state index contributed by atoms with van der Waals surface area (Å²) in [4.78, 5) is 5.21. The van der Waals surface area contributed by atoms with Gasteiger partial charge in [0.1, 0.15) is 0 Å². The molecular formula is C13H28N2S. The van der Waals surface area contributed by atoms with Crippen LogP contribution in [0.3, 0.4) is 0 Å². The van der Waals surface area contributed by atoms with Crippen molar-refractivity contribution >= 4 is 12.6 Å². The molecule has 0 aromatic rings. The van der Waals surface area contributed by atoms with E-state index in [1.807, 2.05) is 0 Å². The lowest BCUT2D eigenvalue weighted by Gasteiger charge is -2.36. The van der Waals surface area contributed by atoms with Gasteiger partial charge < -0.3 is 9.80 Å². The number of thiol groups is 1. The van der Waals surface area contributed by atoms with E-state index in [9.17, 15) is 0 Å². The molecule has 1 atom stereocenters. The van der Waals surface area contributed by atoms with E-state index in [1.54, 1.807) is 0 Å². The molecule has 0 saturated carbocycles. The summed E-state index contributed by atoms with van der Waals surface area (Å²) in [5, 5.41) is 0. The van der Waals surface area contributed by atoms with Gasteiger partial charge in [-0.25, -0.2) is 0 Å². The Hall–Kier alpha value is 0.270. The Bertz CT molecular complexity index is 173. The Kier molecular flexibility index (Phi) is 6.78. The summed E-state index contributed by atoms with van der Waals surface area (Å²) in [6.07, 6.45) is 1.26. The molecular weight excluding hydrogens is 216 g/mol. The summed E-state index contributed by atoms with van der Waals surface area (Å²) < 4.78 is 0. The van der Waals surface area contributed by atoms with Gasteiger partial charge in [-0.2, -0.15) is 12.6 Å². The zero-order valence-corrected chi connectivity index (χ0v) is 12.0. The van der Waals surface area contributed by atoms with Crippen LogP contribution in [0.1, 0.15) is 27.2 Å². The molecule has 1 rings (SSSR count). The number of piperazine rings is 1. The van der Waals surface area contributed by atoms with E-state index in [0.29, 0.717) is 0 Å². The topological polar surface area (TPSA) is 6.48 Å². The predicted molar refractivity (Wildman–Crippen MR) is 75.4 cm³/mol. The number of hydrogen-bond donors (Lipinski definition) is 1. The lowest BCUT2D eigenvalue weighted by Crippen LogP contribution is -2.48. The van der Waals surface area contributed by atoms with Crippen molar-refractivity contribution in [2.75, 3.05) is 45.0 Å². The maximum atomic E-state index is 4.42. The van der Waals surface area contributed by atoms with Crippen molar-refractivity contribution in [1.29, 1.82) is 0 Å². The minimum absolute atomic E-state index is 0.778. The summed E-state index contributed by atoms with van der Waals surface area (Å²) in [6.45, 7) is 14.4. The fraction of sp³-hybridized carbons (Fsp3) is 1.00. The maximum Gasteiger partial charge on any atom is 0.0110 e. The molecule has 3 heteroatoms. The molecule has 2 nitrogen and oxygen atoms in total. The quantitative estimate of drug-likeness (QED) is 0.716. The van der Waals surface area contributed by atoms with Crippen LogP contribution in [-0.4, -0.2) is 54.8 Å². The number of hydrogen-bond acceptors (Lipinski definition) is 3. The maximum absolute atomic E-state index is 4.42. The van der Waals surface area contributed by atoms with Crippen LogP contribution in [0.4, 0.5) is 0 Å². The van der Waals surface area contributed by atoms with Crippen LogP contribution in [0.15, 0.2) is 0 Å². The van der Waals surface area contributed by atoms with Crippen LogP contribution in [0.5, 0.6) is 0 Å². The van der Waals surface area contributed by atoms with Gasteiger partial charge in [0, 0.05) is 39.3 Å². The molecule has 96 valence electrons. The Labute approximate surface area is 107 Å². The molecule has 0 spiro atoms. The first kappa shape index (κ1) is 14.3. The molecule has 0 radical (unpaired) electrons. The summed E-state index contributed by atoms with van der Waals surface area (Å²) in [5.41, 5.74) is 0. The summed E-state index contributed by atoms with van der Waals surface area (Å²) in [7, 11) is 0. The molecule has 1 aliphatic rings. The normalized spacial score (nSPS) is 21.6. The van der Waals surface area contributed by atoms with E-state index >= 15 is 0 Å². The van der Waals surface area contributed by atoms with Gasteiger partial charge in [0.05, 0.1) is 0 Å². The van der Waals surface area contributed by atoms with Crippen molar-refractivity contribution in [2.45, 2.75) is 27.2 Å². The fourth-order valence-corrected chi connectivity index (χ4v) is 2.73. The van der Waals surface area contributed by atoms with Crippen LogP contribution in [0.25, 0.3) is 0 Å². The number of nitrogens with zero attached hydrogens (tertiary/aromatic N) is 2. The van der Waals surface area contributed by atoms with Crippen molar-refractivity contribution in [3.8, 4) is 0 Å². The molecule has 1 fully saturated rings. The highest BCUT2D eigenvalue weighted by atomic mass is 32.1. The van der Waals surface area contributed by atoms with E-state index in [-0.39, 0.29) is 0 Å². The second-order valence-electron chi connectivity index (χ2n) is 5.45. The molecule has 0 amide bonds. The Morgan fingerprint density at radius 1 is 1.00 bits per heavy atom. The van der Waals surface area contributed by atoms with Crippen molar-refractivity contribution in [3.05, 3.63) is 0 Å². The van der Waals surface area contributed by atoms with Gasteiger partial charge in [-0.15, -0.1) is 0 Å². The van der Waals surface area contributed by atoms with Gasteiger partial charge in [0.25, 0.3) is 0 Å². The Morgan fingerprint density at radius 2 is 1.50 bits per heavy atom. The molecule has 0 bridgehead atoms. The lowest BCUT2D eigenvalue weighted by molar-refractivity contribution is 0.111. The predicted octanol–water partition coefficient (Wildman–Crippen LogP) is 2.22. The first-order chi connectivity index (χ1) is 7.65. The molecule has 0 aliphatic carbocycles. The molecule has 1 saturated heterocycles. The minimum Gasteiger partial charge on any atom is -0.301 e. The molecule has 1 unspecified atom stereocenters. The van der Waals surface area contributed by atoms with Crippen LogP contribution >= 0.6 is 12.6 Å². The average Bonchev–Trinajstić information content (AvgIpc) is 2.27. The van der Waals surface area contributed by atoms with Gasteiger partial charge >= 0.3 is 0 Å². The zero-order chi connectivity index (χ0) is 12.0. The van der Waals surface area contributed by atoms with Crippen LogP contribution in [0.2, 0.25) is 0 Å². The van der Waals surface area contributed by atoms with Crippen LogP contribution in [-0.2, 0) is 0 Å². The summed E-state index contributed by atoms with van der Waals surface area (Å²) in [6, 6.07) is 0. The third kappa shape index (κ3) is 5.07. The number of rotatable bonds is 6. The second-order valence-corrected chi connectivity index (χ2v) is 5.82. The minimum atomic E-state index is 0.778. The summed E-state index contributed by atoms with van der Waals surface area (Å²) >= 11 is 4.42. The largest absolute Gasteiger partial charge is 0.301 e. The van der Waals surface area contributed by atoms with Crippen LogP contribution < -0.4 is 0 Å². The molecule has 0 aromatic heterocycles. The molecule has 0 N–H and O–H groups in total. The van der Waals surface area contributed by atoms with Gasteiger partial charge in [-0.1, -0.05) is 27.2 Å². The second kappa shape index (κ2) is 7.57. The first-order valence-electron chi connectivity index (χ1n) is 6.71. The van der Waals surface area contributed by atoms with E-state index in [0.717, 1.165) is 17.6 Å². The van der Waals surface area contributed by atoms with E-state index in [2.05, 4.69) is 43.2 Å². The first-order valence-corrected chi connectivity index (χ1v) is 7.34. The summed E-state index contributed by atoms with van der Waals surface area (Å²) in [5.74, 6) is 2.61. The molecule has 1 heterocycles. The molecule has 16 heavy (non-hydrogen) atoms. The highest BCUT2D eigenvalue weighted by Gasteiger charge is 2.19. The Morgan fingerprint density at radius 3 is 1.88 bits per heavy atom. The highest BCUT2D eigenvalue weighted by molar-refractivity contribution is 7.80. The standard InChI is InChI=1S/C13H28N2S/c1-4-13(11-16)10-15-7-5-14(6-8-15)9-12(2)3/h12-13,16H,4-11H2,1-3H3. The van der Waals surface area contributed by atoms with Crippen molar-refractivity contribution < 1.29 is 0 Å². The molecule has 1 aliphatic heterocycles. The van der Waals surface area contributed by atoms with Gasteiger partial charge in [0.15, 0.2) is 0 Å². The van der Waals surface area contributed by atoms with E-state index < -0.39 is 0 Å². The monoisotopic (exact) mass is 244 g/mol. The van der Waals surface area contributed by atoms with Gasteiger partial charge in [0.2, 0.25) is 0 Å². The van der Waals surface area contributed by atoms with Crippen molar-refractivity contribution in [2.24, 2.45) is 11.8 Å². The average molecular weight is 244 g/mol. The van der Waals surface area contributed by atoms with E-state index in [1.165, 1.54) is 45.7 Å². The molecule has 0 aromatic carbocycles.